The van der Waals surface area contributed by atoms with Crippen LogP contribution in [0.15, 0.2) is 17.4 Å². The minimum absolute atomic E-state index is 0. The van der Waals surface area contributed by atoms with Gasteiger partial charge in [-0.2, -0.15) is 0 Å². The van der Waals surface area contributed by atoms with Crippen molar-refractivity contribution in [3.05, 3.63) is 18.2 Å². The molecule has 3 aliphatic rings. The van der Waals surface area contributed by atoms with Crippen molar-refractivity contribution in [1.82, 2.24) is 24.7 Å². The van der Waals surface area contributed by atoms with E-state index in [1.807, 2.05) is 13.2 Å². The molecule has 0 amide bonds. The van der Waals surface area contributed by atoms with Crippen LogP contribution in [0.5, 0.6) is 0 Å². The summed E-state index contributed by atoms with van der Waals surface area (Å²) < 4.78 is 2.25. The second-order valence-corrected chi connectivity index (χ2v) is 9.06. The molecule has 0 radical (unpaired) electrons. The Balaban J connectivity index is 0.00000225. The smallest absolute Gasteiger partial charge is 0.194 e. The number of hydrogen-bond acceptors (Lipinski definition) is 3. The Hall–Kier alpha value is -0.830. The second kappa shape index (κ2) is 9.78. The van der Waals surface area contributed by atoms with Crippen LogP contribution in [-0.4, -0.2) is 64.6 Å². The van der Waals surface area contributed by atoms with E-state index >= 15 is 0 Å². The molecule has 1 aromatic rings. The molecule has 0 aromatic carbocycles. The first kappa shape index (κ1) is 21.9. The van der Waals surface area contributed by atoms with Gasteiger partial charge >= 0.3 is 0 Å². The first-order chi connectivity index (χ1) is 13.1. The molecule has 2 bridgehead atoms. The van der Waals surface area contributed by atoms with Crippen LogP contribution in [0.1, 0.15) is 45.4 Å². The van der Waals surface area contributed by atoms with E-state index in [9.17, 15) is 0 Å². The van der Waals surface area contributed by atoms with Gasteiger partial charge in [-0.1, -0.05) is 20.3 Å². The quantitative estimate of drug-likeness (QED) is 0.384. The Kier molecular flexibility index (Phi) is 7.64. The van der Waals surface area contributed by atoms with E-state index in [0.717, 1.165) is 55.8 Å². The van der Waals surface area contributed by atoms with Gasteiger partial charge in [-0.15, -0.1) is 24.0 Å². The van der Waals surface area contributed by atoms with Gasteiger partial charge in [0.05, 0.1) is 6.54 Å². The molecular weight excluding hydrogens is 463 g/mol. The minimum Gasteiger partial charge on any atom is -0.349 e. The largest absolute Gasteiger partial charge is 0.349 e. The zero-order valence-electron chi connectivity index (χ0n) is 17.7. The maximum Gasteiger partial charge on any atom is 0.194 e. The molecule has 2 heterocycles. The summed E-state index contributed by atoms with van der Waals surface area (Å²) in [6.45, 7) is 10.7. The normalized spacial score (nSPS) is 28.1. The lowest BCUT2D eigenvalue weighted by atomic mass is 9.93. The Labute approximate surface area is 187 Å². The van der Waals surface area contributed by atoms with E-state index in [-0.39, 0.29) is 24.0 Å². The third-order valence-electron chi connectivity index (χ3n) is 6.76. The van der Waals surface area contributed by atoms with Crippen LogP contribution in [0, 0.1) is 17.8 Å². The van der Waals surface area contributed by atoms with Gasteiger partial charge in [0.1, 0.15) is 5.82 Å². The van der Waals surface area contributed by atoms with Gasteiger partial charge in [0.2, 0.25) is 0 Å². The number of nitrogens with zero attached hydrogens (tertiary/aromatic N) is 5. The zero-order chi connectivity index (χ0) is 18.8. The van der Waals surface area contributed by atoms with Gasteiger partial charge in [-0.25, -0.2) is 4.98 Å². The summed E-state index contributed by atoms with van der Waals surface area (Å²) in [6, 6.07) is 0.865. The molecule has 2 aliphatic carbocycles. The van der Waals surface area contributed by atoms with Crippen molar-refractivity contribution in [3.8, 4) is 0 Å². The third-order valence-corrected chi connectivity index (χ3v) is 6.76. The number of aromatic nitrogens is 2. The second-order valence-electron chi connectivity index (χ2n) is 9.06. The summed E-state index contributed by atoms with van der Waals surface area (Å²) in [4.78, 5) is 14.2. The van der Waals surface area contributed by atoms with Gasteiger partial charge in [0, 0.05) is 58.2 Å². The fraction of sp³-hybridized carbons (Fsp3) is 0.810. The number of fused-ring (bicyclic) bond motifs is 2. The first-order valence-electron chi connectivity index (χ1n) is 10.8. The van der Waals surface area contributed by atoms with Crippen molar-refractivity contribution in [1.29, 1.82) is 0 Å². The molecular formula is C21H37IN6. The van der Waals surface area contributed by atoms with Crippen LogP contribution in [-0.2, 0) is 13.1 Å². The maximum absolute atomic E-state index is 4.54. The van der Waals surface area contributed by atoms with Crippen LogP contribution in [0.25, 0.3) is 0 Å². The molecule has 3 atom stereocenters. The Morgan fingerprint density at radius 3 is 2.61 bits per heavy atom. The topological polar surface area (TPSA) is 48.7 Å². The van der Waals surface area contributed by atoms with Crippen molar-refractivity contribution >= 4 is 29.9 Å². The van der Waals surface area contributed by atoms with E-state index in [4.69, 9.17) is 0 Å². The highest BCUT2D eigenvalue weighted by molar-refractivity contribution is 14.0. The number of hydrogen-bond donors (Lipinski definition) is 1. The van der Waals surface area contributed by atoms with Crippen LogP contribution < -0.4 is 5.32 Å². The minimum atomic E-state index is 0. The summed E-state index contributed by atoms with van der Waals surface area (Å²) in [6.07, 6.45) is 9.89. The monoisotopic (exact) mass is 500 g/mol. The molecule has 1 saturated heterocycles. The number of piperazine rings is 1. The molecule has 1 N–H and O–H groups in total. The van der Waals surface area contributed by atoms with Gasteiger partial charge < -0.3 is 14.8 Å². The van der Waals surface area contributed by atoms with Crippen molar-refractivity contribution in [2.75, 3.05) is 33.2 Å². The van der Waals surface area contributed by atoms with Crippen molar-refractivity contribution in [3.63, 3.8) is 0 Å². The van der Waals surface area contributed by atoms with Crippen LogP contribution in [0.3, 0.4) is 0 Å². The zero-order valence-corrected chi connectivity index (χ0v) is 20.0. The summed E-state index contributed by atoms with van der Waals surface area (Å²) >= 11 is 0. The van der Waals surface area contributed by atoms with Crippen molar-refractivity contribution < 1.29 is 0 Å². The Morgan fingerprint density at radius 1 is 1.21 bits per heavy atom. The predicted molar refractivity (Wildman–Crippen MR) is 125 cm³/mol. The molecule has 158 valence electrons. The number of imidazole rings is 1. The molecule has 3 fully saturated rings. The molecule has 7 heteroatoms. The number of halogens is 1. The molecule has 6 nitrogen and oxygen atoms in total. The van der Waals surface area contributed by atoms with E-state index < -0.39 is 0 Å². The summed E-state index contributed by atoms with van der Waals surface area (Å²) in [5, 5.41) is 3.54. The van der Waals surface area contributed by atoms with E-state index in [0.29, 0.717) is 5.92 Å². The molecule has 0 spiro atoms. The van der Waals surface area contributed by atoms with Crippen LogP contribution in [0.4, 0.5) is 0 Å². The molecule has 2 saturated carbocycles. The average Bonchev–Trinajstić information content (AvgIpc) is 3.40. The highest BCUT2D eigenvalue weighted by Crippen LogP contribution is 2.46. The van der Waals surface area contributed by atoms with Gasteiger partial charge in [-0.05, 0) is 37.0 Å². The van der Waals surface area contributed by atoms with E-state index in [1.54, 1.807) is 0 Å². The van der Waals surface area contributed by atoms with Crippen molar-refractivity contribution in [2.24, 2.45) is 22.7 Å². The SMILES string of the molecule is CN=C(NCc1nccn1CC(C)C)N1CCN(C2CC3CCC2C3)CC1.I. The molecule has 4 rings (SSSR count). The summed E-state index contributed by atoms with van der Waals surface area (Å²) in [5.41, 5.74) is 0. The number of guanidine groups is 1. The average molecular weight is 500 g/mol. The summed E-state index contributed by atoms with van der Waals surface area (Å²) in [7, 11) is 1.89. The highest BCUT2D eigenvalue weighted by atomic mass is 127. The fourth-order valence-corrected chi connectivity index (χ4v) is 5.48. The lowest BCUT2D eigenvalue weighted by molar-refractivity contribution is 0.0958. The number of nitrogens with one attached hydrogen (secondary N) is 1. The molecule has 3 unspecified atom stereocenters. The lowest BCUT2D eigenvalue weighted by Gasteiger charge is -2.41. The Morgan fingerprint density at radius 2 is 2.00 bits per heavy atom. The highest BCUT2D eigenvalue weighted by Gasteiger charge is 2.42. The van der Waals surface area contributed by atoms with E-state index in [2.05, 4.69) is 49.7 Å². The van der Waals surface area contributed by atoms with Gasteiger partial charge in [0.25, 0.3) is 0 Å². The number of aliphatic imine (C=N–C) groups is 1. The third kappa shape index (κ3) is 4.83. The fourth-order valence-electron chi connectivity index (χ4n) is 5.48. The molecule has 1 aliphatic heterocycles. The first-order valence-corrected chi connectivity index (χ1v) is 10.8. The molecule has 1 aromatic heterocycles. The van der Waals surface area contributed by atoms with Gasteiger partial charge in [-0.3, -0.25) is 9.89 Å². The van der Waals surface area contributed by atoms with Crippen LogP contribution in [0.2, 0.25) is 0 Å². The number of rotatable bonds is 5. The van der Waals surface area contributed by atoms with Crippen molar-refractivity contribution in [2.45, 2.75) is 58.7 Å². The van der Waals surface area contributed by atoms with E-state index in [1.165, 1.54) is 38.8 Å². The van der Waals surface area contributed by atoms with Crippen LogP contribution >= 0.6 is 24.0 Å². The maximum atomic E-state index is 4.54. The Bertz CT molecular complexity index is 649. The summed E-state index contributed by atoms with van der Waals surface area (Å²) in [5.74, 6) is 4.74. The van der Waals surface area contributed by atoms with Gasteiger partial charge in [0.15, 0.2) is 5.96 Å². The molecule has 28 heavy (non-hydrogen) atoms. The predicted octanol–water partition coefficient (Wildman–Crippen LogP) is 3.04. The standard InChI is InChI=1S/C21H36N6.HI/c1-16(2)15-27-7-6-23-20(27)14-24-21(22-3)26-10-8-25(9-11-26)19-13-17-4-5-18(19)12-17;/h6-7,16-19H,4-5,8-15H2,1-3H3,(H,22,24);1H. The lowest BCUT2D eigenvalue weighted by Crippen LogP contribution is -2.55.